The lowest BCUT2D eigenvalue weighted by atomic mass is 9.90. The molecule has 0 spiro atoms. The highest BCUT2D eigenvalue weighted by atomic mass is 16.3. The van der Waals surface area contributed by atoms with Crippen LogP contribution in [0.25, 0.3) is 6.08 Å². The number of carbonyl (C=O) groups is 1. The van der Waals surface area contributed by atoms with Gasteiger partial charge in [-0.1, -0.05) is 6.92 Å². The summed E-state index contributed by atoms with van der Waals surface area (Å²) in [5, 5.41) is 0. The number of carbonyl (C=O) groups excluding carboxylic acids is 1. The van der Waals surface area contributed by atoms with Crippen LogP contribution in [0.4, 0.5) is 0 Å². The van der Waals surface area contributed by atoms with Crippen molar-refractivity contribution in [1.29, 1.82) is 0 Å². The van der Waals surface area contributed by atoms with Gasteiger partial charge < -0.3 is 15.1 Å². The van der Waals surface area contributed by atoms with Crippen LogP contribution in [0.5, 0.6) is 0 Å². The highest BCUT2D eigenvalue weighted by Crippen LogP contribution is 2.22. The Balaban J connectivity index is 1.98. The molecule has 1 aliphatic rings. The lowest BCUT2D eigenvalue weighted by molar-refractivity contribution is -0.129. The minimum absolute atomic E-state index is 0.0729. The standard InChI is InChI=1S/C16H24N2O2/c1-2-11-18(14-7-5-13(17)6-8-14)16(19)10-9-15-4-3-12-20-15/h3-4,9-10,12-14H,2,5-8,11,17H2,1H3. The van der Waals surface area contributed by atoms with Gasteiger partial charge >= 0.3 is 0 Å². The predicted molar refractivity (Wildman–Crippen MR) is 80.0 cm³/mol. The van der Waals surface area contributed by atoms with E-state index < -0.39 is 0 Å². The second-order valence-electron chi connectivity index (χ2n) is 5.45. The summed E-state index contributed by atoms with van der Waals surface area (Å²) in [4.78, 5) is 14.4. The molecular weight excluding hydrogens is 252 g/mol. The topological polar surface area (TPSA) is 59.5 Å². The van der Waals surface area contributed by atoms with Crippen LogP contribution >= 0.6 is 0 Å². The Bertz CT molecular complexity index is 431. The van der Waals surface area contributed by atoms with Crippen molar-refractivity contribution in [3.05, 3.63) is 30.2 Å². The maximum atomic E-state index is 12.4. The summed E-state index contributed by atoms with van der Waals surface area (Å²) in [6, 6.07) is 4.30. The van der Waals surface area contributed by atoms with E-state index in [1.54, 1.807) is 18.4 Å². The zero-order valence-corrected chi connectivity index (χ0v) is 12.1. The lowest BCUT2D eigenvalue weighted by Gasteiger charge is -2.35. The van der Waals surface area contributed by atoms with E-state index in [1.165, 1.54) is 0 Å². The van der Waals surface area contributed by atoms with Gasteiger partial charge in [-0.3, -0.25) is 4.79 Å². The Hall–Kier alpha value is -1.55. The van der Waals surface area contributed by atoms with E-state index in [4.69, 9.17) is 10.2 Å². The van der Waals surface area contributed by atoms with Crippen LogP contribution in [0, 0.1) is 0 Å². The van der Waals surface area contributed by atoms with Gasteiger partial charge in [0, 0.05) is 24.7 Å². The average molecular weight is 276 g/mol. The van der Waals surface area contributed by atoms with Crippen molar-refractivity contribution in [2.45, 2.75) is 51.1 Å². The molecule has 1 aliphatic carbocycles. The summed E-state index contributed by atoms with van der Waals surface area (Å²) >= 11 is 0. The molecule has 110 valence electrons. The van der Waals surface area contributed by atoms with Crippen LogP contribution < -0.4 is 5.73 Å². The van der Waals surface area contributed by atoms with Crippen LogP contribution in [-0.2, 0) is 4.79 Å². The van der Waals surface area contributed by atoms with E-state index in [0.717, 1.165) is 38.6 Å². The van der Waals surface area contributed by atoms with Gasteiger partial charge in [0.05, 0.1) is 6.26 Å². The number of hydrogen-bond acceptors (Lipinski definition) is 3. The van der Waals surface area contributed by atoms with Crippen LogP contribution in [-0.4, -0.2) is 29.4 Å². The molecule has 4 nitrogen and oxygen atoms in total. The summed E-state index contributed by atoms with van der Waals surface area (Å²) in [5.74, 6) is 0.782. The first-order valence-electron chi connectivity index (χ1n) is 7.48. The fourth-order valence-corrected chi connectivity index (χ4v) is 2.76. The smallest absolute Gasteiger partial charge is 0.246 e. The maximum absolute atomic E-state index is 12.4. The molecular formula is C16H24N2O2. The highest BCUT2D eigenvalue weighted by molar-refractivity contribution is 5.91. The van der Waals surface area contributed by atoms with Crippen molar-refractivity contribution >= 4 is 12.0 Å². The van der Waals surface area contributed by atoms with Gasteiger partial charge in [0.25, 0.3) is 0 Å². The summed E-state index contributed by atoms with van der Waals surface area (Å²) in [6.07, 6.45) is 9.99. The monoisotopic (exact) mass is 276 g/mol. The number of nitrogens with zero attached hydrogens (tertiary/aromatic N) is 1. The van der Waals surface area contributed by atoms with Crippen molar-refractivity contribution in [3.63, 3.8) is 0 Å². The molecule has 0 atom stereocenters. The molecule has 0 bridgehead atoms. The molecule has 1 amide bonds. The number of nitrogens with two attached hydrogens (primary N) is 1. The Morgan fingerprint density at radius 1 is 1.45 bits per heavy atom. The molecule has 1 fully saturated rings. The van der Waals surface area contributed by atoms with Gasteiger partial charge in [0.2, 0.25) is 5.91 Å². The second-order valence-corrected chi connectivity index (χ2v) is 5.45. The summed E-state index contributed by atoms with van der Waals surface area (Å²) in [5.41, 5.74) is 5.94. The predicted octanol–water partition coefficient (Wildman–Crippen LogP) is 2.80. The van der Waals surface area contributed by atoms with Gasteiger partial charge in [0.1, 0.15) is 5.76 Å². The summed E-state index contributed by atoms with van der Waals surface area (Å²) in [6.45, 7) is 2.91. The molecule has 1 heterocycles. The van der Waals surface area contributed by atoms with Crippen LogP contribution in [0.1, 0.15) is 44.8 Å². The van der Waals surface area contributed by atoms with E-state index in [1.807, 2.05) is 17.0 Å². The van der Waals surface area contributed by atoms with E-state index in [2.05, 4.69) is 6.92 Å². The van der Waals surface area contributed by atoms with Gasteiger partial charge in [0.15, 0.2) is 0 Å². The van der Waals surface area contributed by atoms with Crippen molar-refractivity contribution in [1.82, 2.24) is 4.90 Å². The quantitative estimate of drug-likeness (QED) is 0.841. The highest BCUT2D eigenvalue weighted by Gasteiger charge is 2.25. The molecule has 0 aromatic carbocycles. The number of rotatable bonds is 5. The van der Waals surface area contributed by atoms with Gasteiger partial charge in [-0.15, -0.1) is 0 Å². The molecule has 20 heavy (non-hydrogen) atoms. The van der Waals surface area contributed by atoms with Crippen molar-refractivity contribution < 1.29 is 9.21 Å². The first-order chi connectivity index (χ1) is 9.70. The first kappa shape index (κ1) is 14.9. The zero-order chi connectivity index (χ0) is 14.4. The van der Waals surface area contributed by atoms with Crippen molar-refractivity contribution in [2.24, 2.45) is 5.73 Å². The number of amides is 1. The molecule has 0 aliphatic heterocycles. The van der Waals surface area contributed by atoms with E-state index in [9.17, 15) is 4.79 Å². The molecule has 0 saturated heterocycles. The fourth-order valence-electron chi connectivity index (χ4n) is 2.76. The van der Waals surface area contributed by atoms with Gasteiger partial charge in [-0.05, 0) is 50.3 Å². The molecule has 4 heteroatoms. The third-order valence-electron chi connectivity index (χ3n) is 3.86. The number of furan rings is 1. The van der Waals surface area contributed by atoms with Crippen molar-refractivity contribution in [2.75, 3.05) is 6.54 Å². The Kier molecular flexibility index (Phi) is 5.41. The van der Waals surface area contributed by atoms with E-state index in [0.29, 0.717) is 17.8 Å². The molecule has 1 saturated carbocycles. The minimum Gasteiger partial charge on any atom is -0.465 e. The third kappa shape index (κ3) is 3.97. The molecule has 2 rings (SSSR count). The number of hydrogen-bond donors (Lipinski definition) is 1. The lowest BCUT2D eigenvalue weighted by Crippen LogP contribution is -2.44. The van der Waals surface area contributed by atoms with Crippen molar-refractivity contribution in [3.8, 4) is 0 Å². The average Bonchev–Trinajstić information content (AvgIpc) is 2.97. The zero-order valence-electron chi connectivity index (χ0n) is 12.1. The molecule has 1 aromatic rings. The maximum Gasteiger partial charge on any atom is 0.246 e. The third-order valence-corrected chi connectivity index (χ3v) is 3.86. The summed E-state index contributed by atoms with van der Waals surface area (Å²) < 4.78 is 5.21. The van der Waals surface area contributed by atoms with E-state index >= 15 is 0 Å². The largest absolute Gasteiger partial charge is 0.465 e. The fraction of sp³-hybridized carbons (Fsp3) is 0.562. The van der Waals surface area contributed by atoms with Crippen LogP contribution in [0.3, 0.4) is 0 Å². The normalized spacial score (nSPS) is 23.1. The Labute approximate surface area is 120 Å². The second kappa shape index (κ2) is 7.29. The van der Waals surface area contributed by atoms with Gasteiger partial charge in [-0.2, -0.15) is 0 Å². The Morgan fingerprint density at radius 2 is 2.20 bits per heavy atom. The SMILES string of the molecule is CCCN(C(=O)C=Cc1ccco1)C1CCC(N)CC1. The molecule has 0 radical (unpaired) electrons. The molecule has 2 N–H and O–H groups in total. The first-order valence-corrected chi connectivity index (χ1v) is 7.48. The molecule has 1 aromatic heterocycles. The Morgan fingerprint density at radius 3 is 2.80 bits per heavy atom. The summed E-state index contributed by atoms with van der Waals surface area (Å²) in [7, 11) is 0. The molecule has 0 unspecified atom stereocenters. The van der Waals surface area contributed by atoms with E-state index in [-0.39, 0.29) is 5.91 Å². The van der Waals surface area contributed by atoms with Crippen LogP contribution in [0.15, 0.2) is 28.9 Å². The minimum atomic E-state index is 0.0729. The van der Waals surface area contributed by atoms with Gasteiger partial charge in [-0.25, -0.2) is 0 Å². The van der Waals surface area contributed by atoms with Crippen LogP contribution in [0.2, 0.25) is 0 Å².